The Kier molecular flexibility index (Phi) is 9.86. The number of hydrogen-bond acceptors (Lipinski definition) is 4. The lowest BCUT2D eigenvalue weighted by molar-refractivity contribution is 0.0963. The number of hydrogen-bond donors (Lipinski definition) is 2. The molecule has 0 aliphatic rings. The van der Waals surface area contributed by atoms with Crippen LogP contribution in [0.1, 0.15) is 38.8 Å². The lowest BCUT2D eigenvalue weighted by atomic mass is 9.91. The molecule has 0 bridgehead atoms. The molecule has 1 amide bonds. The number of nitrogens with zero attached hydrogens (tertiary/aromatic N) is 3. The maximum absolute atomic E-state index is 11.9. The summed E-state index contributed by atoms with van der Waals surface area (Å²) in [6, 6.07) is 30.2. The third-order valence-electron chi connectivity index (χ3n) is 6.68. The van der Waals surface area contributed by atoms with Gasteiger partial charge in [0, 0.05) is 31.8 Å². The fourth-order valence-electron chi connectivity index (χ4n) is 4.70. The molecule has 1 heterocycles. The monoisotopic (exact) mass is 557 g/mol. The molecule has 198 valence electrons. The van der Waals surface area contributed by atoms with Gasteiger partial charge in [-0.2, -0.15) is 5.26 Å². The fourth-order valence-corrected chi connectivity index (χ4v) is 4.70. The molecule has 39 heavy (non-hydrogen) atoms. The zero-order valence-corrected chi connectivity index (χ0v) is 23.2. The van der Waals surface area contributed by atoms with Crippen molar-refractivity contribution in [3.63, 3.8) is 0 Å². The molecule has 2 N–H and O–H groups in total. The summed E-state index contributed by atoms with van der Waals surface area (Å²) in [4.78, 5) is 16.2. The highest BCUT2D eigenvalue weighted by atomic mass is 35.5. The van der Waals surface area contributed by atoms with Gasteiger partial charge in [0.05, 0.1) is 35.9 Å². The Labute approximate surface area is 240 Å². The number of carbonyl (C=O) groups is 1. The number of aryl methyl sites for hydroxylation is 1. The molecule has 6 nitrogen and oxygen atoms in total. The number of amides is 1. The fraction of sp³-hybridized carbons (Fsp3) is 0.129. The molecular weight excluding hydrogens is 529 g/mol. The third-order valence-corrected chi connectivity index (χ3v) is 6.68. The van der Waals surface area contributed by atoms with Gasteiger partial charge in [0.1, 0.15) is 0 Å². The normalized spacial score (nSPS) is 11.1. The molecule has 0 radical (unpaired) electrons. The van der Waals surface area contributed by atoms with E-state index in [1.807, 2.05) is 72.4 Å². The number of halogens is 2. The molecule has 1 unspecified atom stereocenters. The summed E-state index contributed by atoms with van der Waals surface area (Å²) in [6.07, 6.45) is 3.65. The van der Waals surface area contributed by atoms with Gasteiger partial charge in [-0.1, -0.05) is 60.7 Å². The Morgan fingerprint density at radius 1 is 0.974 bits per heavy atom. The van der Waals surface area contributed by atoms with Gasteiger partial charge in [-0.05, 0) is 51.7 Å². The van der Waals surface area contributed by atoms with Gasteiger partial charge in [0.15, 0.2) is 0 Å². The van der Waals surface area contributed by atoms with Crippen molar-refractivity contribution in [3.8, 4) is 17.2 Å². The second-order valence-corrected chi connectivity index (χ2v) is 8.96. The highest BCUT2D eigenvalue weighted by Crippen LogP contribution is 2.34. The summed E-state index contributed by atoms with van der Waals surface area (Å²) in [7, 11) is 3.60. The number of fused-ring (bicyclic) bond motifs is 1. The van der Waals surface area contributed by atoms with Crippen LogP contribution in [-0.2, 0) is 13.6 Å². The van der Waals surface area contributed by atoms with Crippen LogP contribution in [0.4, 0.5) is 0 Å². The van der Waals surface area contributed by atoms with Crippen LogP contribution >= 0.6 is 24.8 Å². The first kappa shape index (κ1) is 29.4. The van der Waals surface area contributed by atoms with Crippen molar-refractivity contribution in [2.24, 2.45) is 7.05 Å². The van der Waals surface area contributed by atoms with Gasteiger partial charge in [0.2, 0.25) is 0 Å². The Morgan fingerprint density at radius 3 is 2.41 bits per heavy atom. The van der Waals surface area contributed by atoms with Crippen LogP contribution in [0.15, 0.2) is 97.5 Å². The SMILES string of the molecule is CNC(=O)c1ccc(CNC(c2ccc(C#N)c(-c3cccc4ccccc34)c2)c2cncn2C)cc1.Cl.Cl. The minimum Gasteiger partial charge on any atom is -0.355 e. The van der Waals surface area contributed by atoms with E-state index in [1.165, 1.54) is 0 Å². The first-order valence-electron chi connectivity index (χ1n) is 12.1. The second-order valence-electron chi connectivity index (χ2n) is 8.96. The second kappa shape index (κ2) is 13.1. The standard InChI is InChI=1S/C31H27N5O.2ClH/c1-33-31(37)23-12-10-21(11-13-23)18-35-30(29-19-34-20-36(29)2)24-14-15-25(17-32)28(16-24)27-9-5-7-22-6-3-4-8-26(22)27;;/h3-16,19-20,30,35H,18H2,1-2H3,(H,33,37);2*1H. The largest absolute Gasteiger partial charge is 0.355 e. The molecule has 0 aliphatic heterocycles. The average molecular weight is 559 g/mol. The van der Waals surface area contributed by atoms with E-state index >= 15 is 0 Å². The highest BCUT2D eigenvalue weighted by Gasteiger charge is 2.20. The molecule has 0 aliphatic carbocycles. The molecule has 5 rings (SSSR count). The quantitative estimate of drug-likeness (QED) is 0.250. The molecule has 0 saturated heterocycles. The predicted octanol–water partition coefficient (Wildman–Crippen LogP) is 6.19. The number of aromatic nitrogens is 2. The van der Waals surface area contributed by atoms with E-state index in [4.69, 9.17) is 0 Å². The predicted molar refractivity (Wildman–Crippen MR) is 160 cm³/mol. The van der Waals surface area contributed by atoms with E-state index in [0.29, 0.717) is 17.7 Å². The smallest absolute Gasteiger partial charge is 0.251 e. The number of imidazole rings is 1. The Morgan fingerprint density at radius 2 is 1.72 bits per heavy atom. The van der Waals surface area contributed by atoms with Crippen molar-refractivity contribution in [2.75, 3.05) is 7.05 Å². The Hall–Kier alpha value is -4.15. The molecule has 8 heteroatoms. The van der Waals surface area contributed by atoms with Crippen LogP contribution < -0.4 is 10.6 Å². The maximum atomic E-state index is 11.9. The molecule has 1 aromatic heterocycles. The number of nitriles is 1. The minimum atomic E-state index is -0.160. The highest BCUT2D eigenvalue weighted by molar-refractivity contribution is 5.98. The van der Waals surface area contributed by atoms with Crippen LogP contribution in [0.25, 0.3) is 21.9 Å². The lowest BCUT2D eigenvalue weighted by Crippen LogP contribution is -2.24. The third kappa shape index (κ3) is 6.13. The molecule has 1 atom stereocenters. The Bertz CT molecular complexity index is 1620. The number of carbonyl (C=O) groups excluding carboxylic acids is 1. The van der Waals surface area contributed by atoms with Gasteiger partial charge in [-0.25, -0.2) is 4.98 Å². The van der Waals surface area contributed by atoms with Crippen molar-refractivity contribution in [3.05, 3.63) is 125 Å². The van der Waals surface area contributed by atoms with Crippen molar-refractivity contribution in [2.45, 2.75) is 12.6 Å². The molecule has 4 aromatic carbocycles. The summed E-state index contributed by atoms with van der Waals surface area (Å²) in [5.74, 6) is -0.106. The van der Waals surface area contributed by atoms with Gasteiger partial charge in [-0.3, -0.25) is 4.79 Å². The van der Waals surface area contributed by atoms with E-state index in [-0.39, 0.29) is 36.8 Å². The number of nitrogens with one attached hydrogen (secondary N) is 2. The van der Waals surface area contributed by atoms with Gasteiger partial charge < -0.3 is 15.2 Å². The summed E-state index contributed by atoms with van der Waals surface area (Å²) < 4.78 is 2.00. The molecule has 0 saturated carbocycles. The van der Waals surface area contributed by atoms with Crippen LogP contribution in [0.3, 0.4) is 0 Å². The van der Waals surface area contributed by atoms with Gasteiger partial charge in [-0.15, -0.1) is 24.8 Å². The summed E-state index contributed by atoms with van der Waals surface area (Å²) in [6.45, 7) is 0.591. The van der Waals surface area contributed by atoms with Crippen LogP contribution in [0.5, 0.6) is 0 Å². The van der Waals surface area contributed by atoms with Gasteiger partial charge in [0.25, 0.3) is 5.91 Å². The molecule has 0 spiro atoms. The van der Waals surface area contributed by atoms with Crippen molar-refractivity contribution < 1.29 is 4.79 Å². The number of rotatable bonds is 7. The lowest BCUT2D eigenvalue weighted by Gasteiger charge is -2.21. The number of benzene rings is 4. The van der Waals surface area contributed by atoms with E-state index in [1.54, 1.807) is 13.4 Å². The van der Waals surface area contributed by atoms with E-state index in [9.17, 15) is 10.1 Å². The van der Waals surface area contributed by atoms with Crippen molar-refractivity contribution in [1.29, 1.82) is 5.26 Å². The van der Waals surface area contributed by atoms with Crippen molar-refractivity contribution in [1.82, 2.24) is 20.2 Å². The van der Waals surface area contributed by atoms with E-state index in [0.717, 1.165) is 38.7 Å². The van der Waals surface area contributed by atoms with Crippen LogP contribution in [-0.4, -0.2) is 22.5 Å². The molecule has 5 aromatic rings. The topological polar surface area (TPSA) is 82.7 Å². The molecular formula is C31H29Cl2N5O. The van der Waals surface area contributed by atoms with Crippen molar-refractivity contribution >= 4 is 41.5 Å². The van der Waals surface area contributed by atoms with Crippen LogP contribution in [0.2, 0.25) is 0 Å². The summed E-state index contributed by atoms with van der Waals surface area (Å²) in [5.41, 5.74) is 6.30. The first-order valence-corrected chi connectivity index (χ1v) is 12.1. The van der Waals surface area contributed by atoms with E-state index < -0.39 is 0 Å². The minimum absolute atomic E-state index is 0. The summed E-state index contributed by atoms with van der Waals surface area (Å²) in [5, 5.41) is 18.5. The molecule has 0 fully saturated rings. The maximum Gasteiger partial charge on any atom is 0.251 e. The zero-order valence-electron chi connectivity index (χ0n) is 21.6. The Balaban J connectivity index is 0.00000210. The average Bonchev–Trinajstić information content (AvgIpc) is 3.38. The van der Waals surface area contributed by atoms with Crippen LogP contribution in [0, 0.1) is 11.3 Å². The first-order chi connectivity index (χ1) is 18.1. The van der Waals surface area contributed by atoms with Gasteiger partial charge >= 0.3 is 0 Å². The summed E-state index contributed by atoms with van der Waals surface area (Å²) >= 11 is 0. The van der Waals surface area contributed by atoms with E-state index in [2.05, 4.69) is 52.0 Å². The zero-order chi connectivity index (χ0) is 25.8.